The highest BCUT2D eigenvalue weighted by Crippen LogP contribution is 2.30. The van der Waals surface area contributed by atoms with E-state index in [0.717, 1.165) is 10.4 Å². The van der Waals surface area contributed by atoms with Gasteiger partial charge in [0.1, 0.15) is 5.03 Å². The number of pyridine rings is 1. The predicted octanol–water partition coefficient (Wildman–Crippen LogP) is 2.41. The Morgan fingerprint density at radius 2 is 2.06 bits per heavy atom. The third-order valence-corrected chi connectivity index (χ3v) is 3.66. The van der Waals surface area contributed by atoms with Crippen molar-refractivity contribution >= 4 is 28.5 Å². The number of thioether (sulfide) groups is 1. The molecule has 0 saturated heterocycles. The maximum Gasteiger partial charge on any atom is 0.337 e. The van der Waals surface area contributed by atoms with Gasteiger partial charge in [-0.1, -0.05) is 31.2 Å². The zero-order chi connectivity index (χ0) is 13.1. The molecule has 18 heavy (non-hydrogen) atoms. The first kappa shape index (κ1) is 12.9. The Morgan fingerprint density at radius 3 is 2.67 bits per heavy atom. The van der Waals surface area contributed by atoms with E-state index in [4.69, 9.17) is 10.2 Å². The second-order valence-corrected chi connectivity index (χ2v) is 5.37. The summed E-state index contributed by atoms with van der Waals surface area (Å²) in [5.41, 5.74) is 0.201. The number of aliphatic hydroxyl groups is 1. The number of aliphatic hydroxyl groups excluding tert-OH is 1. The molecule has 1 heterocycles. The number of nitrogens with zero attached hydrogens (tertiary/aromatic N) is 1. The molecular formula is C13H13NO3S. The molecule has 1 aromatic heterocycles. The highest BCUT2D eigenvalue weighted by molar-refractivity contribution is 8.00. The summed E-state index contributed by atoms with van der Waals surface area (Å²) in [6.45, 7) is 1.95. The van der Waals surface area contributed by atoms with Crippen LogP contribution in [0.3, 0.4) is 0 Å². The van der Waals surface area contributed by atoms with Crippen LogP contribution in [0.2, 0.25) is 0 Å². The summed E-state index contributed by atoms with van der Waals surface area (Å²) < 4.78 is 0. The third kappa shape index (κ3) is 2.47. The Hall–Kier alpha value is -1.59. The van der Waals surface area contributed by atoms with Crippen LogP contribution < -0.4 is 0 Å². The molecule has 1 unspecified atom stereocenters. The number of hydrogen-bond acceptors (Lipinski definition) is 4. The minimum absolute atomic E-state index is 0.0246. The van der Waals surface area contributed by atoms with Gasteiger partial charge in [-0.05, 0) is 0 Å². The highest BCUT2D eigenvalue weighted by atomic mass is 32.2. The van der Waals surface area contributed by atoms with E-state index in [1.54, 1.807) is 12.1 Å². The summed E-state index contributed by atoms with van der Waals surface area (Å²) in [5.74, 6) is -0.981. The van der Waals surface area contributed by atoms with Crippen LogP contribution in [0.4, 0.5) is 0 Å². The SMILES string of the molecule is CC(CO)Sc1ncc(C(=O)O)c2ccccc12. The second kappa shape index (κ2) is 5.37. The normalized spacial score (nSPS) is 12.6. The molecule has 2 N–H and O–H groups in total. The summed E-state index contributed by atoms with van der Waals surface area (Å²) in [5, 5.41) is 20.4. The Morgan fingerprint density at radius 1 is 1.39 bits per heavy atom. The van der Waals surface area contributed by atoms with Gasteiger partial charge in [0.15, 0.2) is 0 Å². The van der Waals surface area contributed by atoms with Crippen LogP contribution >= 0.6 is 11.8 Å². The lowest BCUT2D eigenvalue weighted by Crippen LogP contribution is -2.04. The molecule has 2 aromatic rings. The van der Waals surface area contributed by atoms with Crippen molar-refractivity contribution in [3.63, 3.8) is 0 Å². The molecule has 94 valence electrons. The van der Waals surface area contributed by atoms with Crippen molar-refractivity contribution in [1.82, 2.24) is 4.98 Å². The summed E-state index contributed by atoms with van der Waals surface area (Å²) in [6, 6.07) is 7.28. The van der Waals surface area contributed by atoms with Crippen molar-refractivity contribution < 1.29 is 15.0 Å². The maximum atomic E-state index is 11.1. The van der Waals surface area contributed by atoms with E-state index in [2.05, 4.69) is 4.98 Å². The van der Waals surface area contributed by atoms with Gasteiger partial charge in [-0.2, -0.15) is 0 Å². The molecule has 2 rings (SSSR count). The molecule has 0 amide bonds. The summed E-state index contributed by atoms with van der Waals surface area (Å²) in [4.78, 5) is 15.3. The molecule has 0 spiro atoms. The van der Waals surface area contributed by atoms with Crippen LogP contribution in [0.15, 0.2) is 35.5 Å². The van der Waals surface area contributed by atoms with Crippen molar-refractivity contribution in [2.24, 2.45) is 0 Å². The summed E-state index contributed by atoms with van der Waals surface area (Å²) >= 11 is 1.44. The number of benzene rings is 1. The molecule has 0 bridgehead atoms. The monoisotopic (exact) mass is 263 g/mol. The Balaban J connectivity index is 2.57. The molecule has 1 atom stereocenters. The standard InChI is InChI=1S/C13H13NO3S/c1-8(7-15)18-12-10-5-3-2-4-9(10)11(6-14-12)13(16)17/h2-6,8,15H,7H2,1H3,(H,16,17). The number of rotatable bonds is 4. The van der Waals surface area contributed by atoms with Gasteiger partial charge in [0.25, 0.3) is 0 Å². The molecule has 4 nitrogen and oxygen atoms in total. The van der Waals surface area contributed by atoms with Gasteiger partial charge in [-0.25, -0.2) is 9.78 Å². The van der Waals surface area contributed by atoms with Crippen LogP contribution in [-0.2, 0) is 0 Å². The zero-order valence-electron chi connectivity index (χ0n) is 9.83. The van der Waals surface area contributed by atoms with E-state index < -0.39 is 5.97 Å². The lowest BCUT2D eigenvalue weighted by Gasteiger charge is -2.10. The van der Waals surface area contributed by atoms with E-state index in [1.165, 1.54) is 18.0 Å². The molecule has 0 aliphatic carbocycles. The van der Waals surface area contributed by atoms with Gasteiger partial charge in [0.05, 0.1) is 12.2 Å². The quantitative estimate of drug-likeness (QED) is 0.829. The number of carbonyl (C=O) groups is 1. The number of aromatic nitrogens is 1. The van der Waals surface area contributed by atoms with Gasteiger partial charge in [0, 0.05) is 22.2 Å². The fraction of sp³-hybridized carbons (Fsp3) is 0.231. The van der Waals surface area contributed by atoms with Crippen LogP contribution in [0, 0.1) is 0 Å². The average Bonchev–Trinajstić information content (AvgIpc) is 2.38. The highest BCUT2D eigenvalue weighted by Gasteiger charge is 2.14. The second-order valence-electron chi connectivity index (χ2n) is 3.94. The van der Waals surface area contributed by atoms with Crippen LogP contribution in [0.1, 0.15) is 17.3 Å². The molecular weight excluding hydrogens is 250 g/mol. The average molecular weight is 263 g/mol. The minimum Gasteiger partial charge on any atom is -0.478 e. The largest absolute Gasteiger partial charge is 0.478 e. The number of carboxylic acid groups (broad SMARTS) is 1. The first-order valence-corrected chi connectivity index (χ1v) is 6.40. The predicted molar refractivity (Wildman–Crippen MR) is 71.1 cm³/mol. The van der Waals surface area contributed by atoms with Gasteiger partial charge in [-0.3, -0.25) is 0 Å². The Kier molecular flexibility index (Phi) is 3.84. The topological polar surface area (TPSA) is 70.4 Å². The maximum absolute atomic E-state index is 11.1. The molecule has 0 saturated carbocycles. The van der Waals surface area contributed by atoms with Gasteiger partial charge in [0.2, 0.25) is 0 Å². The molecule has 1 aromatic carbocycles. The van der Waals surface area contributed by atoms with Gasteiger partial charge >= 0.3 is 5.97 Å². The van der Waals surface area contributed by atoms with Crippen molar-refractivity contribution in [3.05, 3.63) is 36.0 Å². The van der Waals surface area contributed by atoms with Crippen LogP contribution in [0.5, 0.6) is 0 Å². The number of fused-ring (bicyclic) bond motifs is 1. The lowest BCUT2D eigenvalue weighted by molar-refractivity contribution is 0.0698. The first-order valence-electron chi connectivity index (χ1n) is 5.52. The fourth-order valence-electron chi connectivity index (χ4n) is 1.66. The van der Waals surface area contributed by atoms with Crippen molar-refractivity contribution in [2.75, 3.05) is 6.61 Å². The van der Waals surface area contributed by atoms with Crippen molar-refractivity contribution in [1.29, 1.82) is 0 Å². The van der Waals surface area contributed by atoms with Crippen LogP contribution in [-0.4, -0.2) is 33.0 Å². The summed E-state index contributed by atoms with van der Waals surface area (Å²) in [7, 11) is 0. The molecule has 5 heteroatoms. The van der Waals surface area contributed by atoms with E-state index >= 15 is 0 Å². The Bertz CT molecular complexity index is 585. The molecule has 0 fully saturated rings. The first-order chi connectivity index (χ1) is 8.63. The van der Waals surface area contributed by atoms with Crippen molar-refractivity contribution in [3.8, 4) is 0 Å². The number of aromatic carboxylic acids is 1. The van der Waals surface area contributed by atoms with E-state index in [0.29, 0.717) is 5.39 Å². The number of hydrogen-bond donors (Lipinski definition) is 2. The van der Waals surface area contributed by atoms with Gasteiger partial charge < -0.3 is 10.2 Å². The lowest BCUT2D eigenvalue weighted by atomic mass is 10.1. The molecule has 0 aliphatic heterocycles. The van der Waals surface area contributed by atoms with E-state index in [9.17, 15) is 4.79 Å². The fourth-order valence-corrected chi connectivity index (χ4v) is 2.53. The third-order valence-electron chi connectivity index (χ3n) is 2.56. The van der Waals surface area contributed by atoms with Crippen molar-refractivity contribution in [2.45, 2.75) is 17.2 Å². The molecule has 0 radical (unpaired) electrons. The smallest absolute Gasteiger partial charge is 0.337 e. The van der Waals surface area contributed by atoms with Gasteiger partial charge in [-0.15, -0.1) is 11.8 Å². The zero-order valence-corrected chi connectivity index (χ0v) is 10.6. The minimum atomic E-state index is -0.981. The molecule has 0 aliphatic rings. The van der Waals surface area contributed by atoms with E-state index in [-0.39, 0.29) is 17.4 Å². The number of carboxylic acids is 1. The van der Waals surface area contributed by atoms with Crippen LogP contribution in [0.25, 0.3) is 10.8 Å². The summed E-state index contributed by atoms with van der Waals surface area (Å²) in [6.07, 6.45) is 1.37. The Labute approximate surface area is 109 Å². The van der Waals surface area contributed by atoms with E-state index in [1.807, 2.05) is 19.1 Å².